The standard InChI is InChI=1S/C15H18F3NO4/c16-15(17,18)12(8-4-5-9-13(20)21)19-14(22)23-10-11-6-2-1-3-7-11/h1-3,6-7,12H,4-5,8-10H2,(H,19,22)(H,20,21). The van der Waals surface area contributed by atoms with Gasteiger partial charge in [-0.3, -0.25) is 4.79 Å². The van der Waals surface area contributed by atoms with Crippen LogP contribution < -0.4 is 5.32 Å². The lowest BCUT2D eigenvalue weighted by Crippen LogP contribution is -2.45. The fraction of sp³-hybridized carbons (Fsp3) is 0.467. The number of unbranched alkanes of at least 4 members (excludes halogenated alkanes) is 1. The second-order valence-electron chi connectivity index (χ2n) is 4.94. The van der Waals surface area contributed by atoms with Gasteiger partial charge in [-0.25, -0.2) is 4.79 Å². The van der Waals surface area contributed by atoms with E-state index in [9.17, 15) is 22.8 Å². The Kier molecular flexibility index (Phi) is 7.37. The number of alkyl halides is 3. The van der Waals surface area contributed by atoms with Crippen LogP contribution in [0.1, 0.15) is 31.2 Å². The minimum atomic E-state index is -4.62. The number of alkyl carbamates (subject to hydrolysis) is 1. The third-order valence-corrected chi connectivity index (χ3v) is 3.03. The Hall–Kier alpha value is -2.25. The van der Waals surface area contributed by atoms with Crippen LogP contribution >= 0.6 is 0 Å². The van der Waals surface area contributed by atoms with Crippen LogP contribution in [0.4, 0.5) is 18.0 Å². The molecular formula is C15H18F3NO4. The first kappa shape index (κ1) is 18.8. The molecule has 0 aliphatic heterocycles. The molecule has 5 nitrogen and oxygen atoms in total. The molecule has 0 aromatic heterocycles. The molecule has 1 atom stereocenters. The average molecular weight is 333 g/mol. The molecule has 0 aliphatic rings. The van der Waals surface area contributed by atoms with Gasteiger partial charge in [-0.2, -0.15) is 13.2 Å². The predicted molar refractivity (Wildman–Crippen MR) is 75.7 cm³/mol. The molecule has 23 heavy (non-hydrogen) atoms. The van der Waals surface area contributed by atoms with E-state index in [2.05, 4.69) is 0 Å². The second kappa shape index (κ2) is 9.02. The highest BCUT2D eigenvalue weighted by Gasteiger charge is 2.40. The normalized spacial score (nSPS) is 12.5. The molecule has 0 bridgehead atoms. The van der Waals surface area contributed by atoms with E-state index in [1.165, 1.54) is 0 Å². The number of nitrogens with one attached hydrogen (secondary N) is 1. The summed E-state index contributed by atoms with van der Waals surface area (Å²) in [6.07, 6.45) is -6.22. The van der Waals surface area contributed by atoms with Crippen LogP contribution in [0.15, 0.2) is 30.3 Å². The maximum Gasteiger partial charge on any atom is 0.408 e. The summed E-state index contributed by atoms with van der Waals surface area (Å²) >= 11 is 0. The maximum absolute atomic E-state index is 12.8. The summed E-state index contributed by atoms with van der Waals surface area (Å²) in [5.41, 5.74) is 0.660. The molecular weight excluding hydrogens is 315 g/mol. The van der Waals surface area contributed by atoms with Crippen LogP contribution in [0.25, 0.3) is 0 Å². The van der Waals surface area contributed by atoms with Crippen molar-refractivity contribution in [1.82, 2.24) is 5.32 Å². The molecule has 0 heterocycles. The van der Waals surface area contributed by atoms with Crippen molar-refractivity contribution >= 4 is 12.1 Å². The number of amides is 1. The van der Waals surface area contributed by atoms with Gasteiger partial charge in [0.25, 0.3) is 0 Å². The molecule has 0 fully saturated rings. The molecule has 0 saturated carbocycles. The second-order valence-corrected chi connectivity index (χ2v) is 4.94. The highest BCUT2D eigenvalue weighted by Crippen LogP contribution is 2.24. The van der Waals surface area contributed by atoms with Crippen LogP contribution in [0, 0.1) is 0 Å². The van der Waals surface area contributed by atoms with Gasteiger partial charge >= 0.3 is 18.2 Å². The van der Waals surface area contributed by atoms with Crippen LogP contribution in [0.5, 0.6) is 0 Å². The Morgan fingerprint density at radius 1 is 1.17 bits per heavy atom. The fourth-order valence-electron chi connectivity index (χ4n) is 1.85. The van der Waals surface area contributed by atoms with E-state index in [0.29, 0.717) is 5.56 Å². The van der Waals surface area contributed by atoms with Crippen molar-refractivity contribution in [3.8, 4) is 0 Å². The summed E-state index contributed by atoms with van der Waals surface area (Å²) < 4.78 is 43.3. The Balaban J connectivity index is 2.43. The topological polar surface area (TPSA) is 75.6 Å². The molecule has 128 valence electrons. The summed E-state index contributed by atoms with van der Waals surface area (Å²) in [4.78, 5) is 21.8. The lowest BCUT2D eigenvalue weighted by atomic mass is 10.1. The number of benzene rings is 1. The third kappa shape index (κ3) is 8.08. The molecule has 8 heteroatoms. The van der Waals surface area contributed by atoms with Gasteiger partial charge in [0.2, 0.25) is 0 Å². The van der Waals surface area contributed by atoms with Crippen molar-refractivity contribution in [2.75, 3.05) is 0 Å². The van der Waals surface area contributed by atoms with Crippen molar-refractivity contribution in [2.24, 2.45) is 0 Å². The summed E-state index contributed by atoms with van der Waals surface area (Å²) in [6, 6.07) is 6.51. The van der Waals surface area contributed by atoms with Crippen molar-refractivity contribution in [1.29, 1.82) is 0 Å². The Morgan fingerprint density at radius 3 is 2.39 bits per heavy atom. The van der Waals surface area contributed by atoms with Gasteiger partial charge in [0.1, 0.15) is 12.6 Å². The Bertz CT molecular complexity index is 505. The molecule has 1 aromatic carbocycles. The number of carboxylic acid groups (broad SMARTS) is 1. The van der Waals surface area contributed by atoms with E-state index in [-0.39, 0.29) is 25.9 Å². The zero-order chi connectivity index (χ0) is 17.3. The summed E-state index contributed by atoms with van der Waals surface area (Å²) in [5.74, 6) is -1.07. The predicted octanol–water partition coefficient (Wildman–Crippen LogP) is 3.49. The number of halogens is 3. The van der Waals surface area contributed by atoms with Crippen molar-refractivity contribution in [3.63, 3.8) is 0 Å². The van der Waals surface area contributed by atoms with Crippen molar-refractivity contribution in [2.45, 2.75) is 44.5 Å². The quantitative estimate of drug-likeness (QED) is 0.714. The lowest BCUT2D eigenvalue weighted by Gasteiger charge is -2.21. The highest BCUT2D eigenvalue weighted by atomic mass is 19.4. The SMILES string of the molecule is O=C(O)CCCCC(NC(=O)OCc1ccccc1)C(F)(F)F. The molecule has 1 amide bonds. The number of rotatable bonds is 8. The first-order valence-corrected chi connectivity index (χ1v) is 7.04. The zero-order valence-electron chi connectivity index (χ0n) is 12.3. The molecule has 2 N–H and O–H groups in total. The first-order chi connectivity index (χ1) is 10.8. The van der Waals surface area contributed by atoms with Crippen LogP contribution in [-0.4, -0.2) is 29.4 Å². The molecule has 0 radical (unpaired) electrons. The van der Waals surface area contributed by atoms with E-state index in [1.807, 2.05) is 0 Å². The summed E-state index contributed by atoms with van der Waals surface area (Å²) in [7, 11) is 0. The minimum absolute atomic E-state index is 0.0371. The smallest absolute Gasteiger partial charge is 0.408 e. The van der Waals surface area contributed by atoms with Gasteiger partial charge in [0, 0.05) is 6.42 Å². The van der Waals surface area contributed by atoms with E-state index in [1.54, 1.807) is 35.6 Å². The molecule has 1 aromatic rings. The van der Waals surface area contributed by atoms with Crippen LogP contribution in [0.2, 0.25) is 0 Å². The van der Waals surface area contributed by atoms with E-state index in [0.717, 1.165) is 0 Å². The third-order valence-electron chi connectivity index (χ3n) is 3.03. The number of aliphatic carboxylic acids is 1. The molecule has 1 rings (SSSR count). The van der Waals surface area contributed by atoms with Gasteiger partial charge in [0.15, 0.2) is 0 Å². The number of hydrogen-bond acceptors (Lipinski definition) is 3. The average Bonchev–Trinajstić information content (AvgIpc) is 2.48. The highest BCUT2D eigenvalue weighted by molar-refractivity contribution is 5.67. The van der Waals surface area contributed by atoms with E-state index in [4.69, 9.17) is 9.84 Å². The van der Waals surface area contributed by atoms with Gasteiger partial charge < -0.3 is 15.2 Å². The first-order valence-electron chi connectivity index (χ1n) is 7.04. The molecule has 0 spiro atoms. The van der Waals surface area contributed by atoms with Gasteiger partial charge in [-0.1, -0.05) is 36.8 Å². The number of carboxylic acids is 1. The van der Waals surface area contributed by atoms with E-state index >= 15 is 0 Å². The van der Waals surface area contributed by atoms with Crippen LogP contribution in [-0.2, 0) is 16.1 Å². The van der Waals surface area contributed by atoms with E-state index < -0.39 is 30.7 Å². The number of carbonyl (C=O) groups excluding carboxylic acids is 1. The van der Waals surface area contributed by atoms with Crippen molar-refractivity contribution in [3.05, 3.63) is 35.9 Å². The zero-order valence-corrected chi connectivity index (χ0v) is 12.3. The summed E-state index contributed by atoms with van der Waals surface area (Å²) in [5, 5.41) is 10.2. The monoisotopic (exact) mass is 333 g/mol. The molecule has 0 aliphatic carbocycles. The molecule has 0 saturated heterocycles. The summed E-state index contributed by atoms with van der Waals surface area (Å²) in [6.45, 7) is -0.129. The van der Waals surface area contributed by atoms with Gasteiger partial charge in [-0.05, 0) is 18.4 Å². The number of ether oxygens (including phenoxy) is 1. The molecule has 1 unspecified atom stereocenters. The maximum atomic E-state index is 12.8. The number of carbonyl (C=O) groups is 2. The Morgan fingerprint density at radius 2 is 1.83 bits per heavy atom. The largest absolute Gasteiger partial charge is 0.481 e. The fourth-order valence-corrected chi connectivity index (χ4v) is 1.85. The minimum Gasteiger partial charge on any atom is -0.481 e. The lowest BCUT2D eigenvalue weighted by molar-refractivity contribution is -0.156. The Labute approximate surface area is 131 Å². The van der Waals surface area contributed by atoms with Crippen LogP contribution in [0.3, 0.4) is 0 Å². The number of hydrogen-bond donors (Lipinski definition) is 2. The van der Waals surface area contributed by atoms with Gasteiger partial charge in [-0.15, -0.1) is 0 Å². The van der Waals surface area contributed by atoms with Gasteiger partial charge in [0.05, 0.1) is 0 Å². The van der Waals surface area contributed by atoms with Crippen molar-refractivity contribution < 1.29 is 32.6 Å².